The fourth-order valence-corrected chi connectivity index (χ4v) is 1.52. The van der Waals surface area contributed by atoms with Crippen LogP contribution in [0.3, 0.4) is 0 Å². The summed E-state index contributed by atoms with van der Waals surface area (Å²) in [7, 11) is 1.52. The zero-order valence-corrected chi connectivity index (χ0v) is 8.26. The smallest absolute Gasteiger partial charge is 0.106 e. The molecular weight excluding hydrogens is 172 g/mol. The fourth-order valence-electron chi connectivity index (χ4n) is 0.732. The summed E-state index contributed by atoms with van der Waals surface area (Å²) in [6.45, 7) is 4.24. The average molecular weight is 184 g/mol. The van der Waals surface area contributed by atoms with Crippen LogP contribution in [0.25, 0.3) is 0 Å². The Morgan fingerprint density at radius 1 is 1.67 bits per heavy atom. The second kappa shape index (κ2) is 4.21. The van der Waals surface area contributed by atoms with Gasteiger partial charge in [0.05, 0.1) is 16.9 Å². The highest BCUT2D eigenvalue weighted by molar-refractivity contribution is 7.09. The molecule has 12 heavy (non-hydrogen) atoms. The van der Waals surface area contributed by atoms with Gasteiger partial charge in [-0.1, -0.05) is 19.0 Å². The summed E-state index contributed by atoms with van der Waals surface area (Å²) in [4.78, 5) is 8.89. The second-order valence-corrected chi connectivity index (χ2v) is 3.57. The first-order chi connectivity index (χ1) is 5.74. The highest BCUT2D eigenvalue weighted by atomic mass is 32.1. The molecule has 0 aromatic carbocycles. The molecule has 66 valence electrons. The summed E-state index contributed by atoms with van der Waals surface area (Å²) in [5.41, 5.74) is 0.866. The lowest BCUT2D eigenvalue weighted by Crippen LogP contribution is -1.87. The molecule has 0 atom stereocenters. The normalized spacial score (nSPS) is 11.3. The molecule has 0 aliphatic carbocycles. The first-order valence-electron chi connectivity index (χ1n) is 3.76. The van der Waals surface area contributed by atoms with Crippen LogP contribution < -0.4 is 0 Å². The van der Waals surface area contributed by atoms with Gasteiger partial charge in [0.25, 0.3) is 0 Å². The molecule has 1 aromatic heterocycles. The van der Waals surface area contributed by atoms with E-state index in [1.165, 1.54) is 7.11 Å². The van der Waals surface area contributed by atoms with Crippen LogP contribution in [0.15, 0.2) is 10.5 Å². The Morgan fingerprint density at radius 3 is 2.92 bits per heavy atom. The lowest BCUT2D eigenvalue weighted by Gasteiger charge is -1.94. The Kier molecular flexibility index (Phi) is 3.22. The molecule has 0 bridgehead atoms. The maximum Gasteiger partial charge on any atom is 0.106 e. The maximum atomic E-state index is 4.55. The summed E-state index contributed by atoms with van der Waals surface area (Å²) in [6.07, 6.45) is 1.61. The molecule has 1 aromatic rings. The Hall–Kier alpha value is -0.900. The van der Waals surface area contributed by atoms with Gasteiger partial charge in [-0.05, 0) is 0 Å². The number of oxime groups is 1. The predicted octanol–water partition coefficient (Wildman–Crippen LogP) is 2.25. The van der Waals surface area contributed by atoms with E-state index < -0.39 is 0 Å². The van der Waals surface area contributed by atoms with Crippen molar-refractivity contribution in [2.75, 3.05) is 7.11 Å². The van der Waals surface area contributed by atoms with Crippen molar-refractivity contribution in [3.8, 4) is 0 Å². The van der Waals surface area contributed by atoms with E-state index in [0.29, 0.717) is 5.92 Å². The number of rotatable bonds is 3. The monoisotopic (exact) mass is 184 g/mol. The molecule has 0 amide bonds. The van der Waals surface area contributed by atoms with E-state index in [4.69, 9.17) is 0 Å². The van der Waals surface area contributed by atoms with E-state index in [1.54, 1.807) is 17.6 Å². The van der Waals surface area contributed by atoms with Gasteiger partial charge in [-0.15, -0.1) is 11.3 Å². The molecule has 0 N–H and O–H groups in total. The van der Waals surface area contributed by atoms with Crippen LogP contribution in [-0.2, 0) is 4.84 Å². The molecule has 0 saturated carbocycles. The third-order valence-corrected chi connectivity index (χ3v) is 2.49. The van der Waals surface area contributed by atoms with Crippen molar-refractivity contribution in [3.63, 3.8) is 0 Å². The van der Waals surface area contributed by atoms with Crippen LogP contribution in [0.5, 0.6) is 0 Å². The molecule has 0 spiro atoms. The van der Waals surface area contributed by atoms with Crippen molar-refractivity contribution in [1.29, 1.82) is 0 Å². The number of hydrogen-bond donors (Lipinski definition) is 0. The zero-order chi connectivity index (χ0) is 8.97. The van der Waals surface area contributed by atoms with Gasteiger partial charge in [0.1, 0.15) is 7.11 Å². The van der Waals surface area contributed by atoms with Crippen molar-refractivity contribution in [2.24, 2.45) is 5.16 Å². The Labute approximate surface area is 76.1 Å². The third kappa shape index (κ3) is 2.30. The van der Waals surface area contributed by atoms with Gasteiger partial charge in [0, 0.05) is 11.3 Å². The standard InChI is InChI=1S/C8H12N2OS/c1-6(2)8-10-7(5-12-8)4-9-11-3/h4-6H,1-3H3/b9-4+. The molecule has 0 aliphatic rings. The van der Waals surface area contributed by atoms with Crippen LogP contribution in [0.2, 0.25) is 0 Å². The maximum absolute atomic E-state index is 4.55. The molecule has 0 aliphatic heterocycles. The third-order valence-electron chi connectivity index (χ3n) is 1.32. The van der Waals surface area contributed by atoms with E-state index in [9.17, 15) is 0 Å². The Balaban J connectivity index is 2.70. The van der Waals surface area contributed by atoms with Gasteiger partial charge in [0.15, 0.2) is 0 Å². The number of hydrogen-bond acceptors (Lipinski definition) is 4. The summed E-state index contributed by atoms with van der Waals surface area (Å²) in [6, 6.07) is 0. The predicted molar refractivity (Wildman–Crippen MR) is 50.8 cm³/mol. The molecule has 1 rings (SSSR count). The molecule has 4 heteroatoms. The van der Waals surface area contributed by atoms with Crippen molar-refractivity contribution in [1.82, 2.24) is 4.98 Å². The molecule has 0 saturated heterocycles. The zero-order valence-electron chi connectivity index (χ0n) is 7.44. The van der Waals surface area contributed by atoms with Gasteiger partial charge in [-0.3, -0.25) is 0 Å². The Bertz CT molecular complexity index is 268. The van der Waals surface area contributed by atoms with E-state index >= 15 is 0 Å². The summed E-state index contributed by atoms with van der Waals surface area (Å²) in [5, 5.41) is 6.74. The lowest BCUT2D eigenvalue weighted by molar-refractivity contribution is 0.215. The largest absolute Gasteiger partial charge is 0.399 e. The van der Waals surface area contributed by atoms with Gasteiger partial charge < -0.3 is 4.84 Å². The van der Waals surface area contributed by atoms with Crippen molar-refractivity contribution in [2.45, 2.75) is 19.8 Å². The number of nitrogens with zero attached hydrogens (tertiary/aromatic N) is 2. The summed E-state index contributed by atoms with van der Waals surface area (Å²) in [5.74, 6) is 0.486. The van der Waals surface area contributed by atoms with Gasteiger partial charge in [-0.2, -0.15) is 0 Å². The number of aromatic nitrogens is 1. The first kappa shape index (κ1) is 9.19. The highest BCUT2D eigenvalue weighted by Crippen LogP contribution is 2.18. The van der Waals surface area contributed by atoms with Crippen LogP contribution >= 0.6 is 11.3 Å². The minimum Gasteiger partial charge on any atom is -0.399 e. The van der Waals surface area contributed by atoms with Crippen molar-refractivity contribution < 1.29 is 4.84 Å². The molecule has 3 nitrogen and oxygen atoms in total. The first-order valence-corrected chi connectivity index (χ1v) is 4.64. The topological polar surface area (TPSA) is 34.5 Å². The molecule has 0 radical (unpaired) electrons. The van der Waals surface area contributed by atoms with Crippen LogP contribution in [0.4, 0.5) is 0 Å². The average Bonchev–Trinajstić information content (AvgIpc) is 2.48. The lowest BCUT2D eigenvalue weighted by atomic mass is 10.2. The van der Waals surface area contributed by atoms with E-state index in [-0.39, 0.29) is 0 Å². The second-order valence-electron chi connectivity index (χ2n) is 2.68. The van der Waals surface area contributed by atoms with Gasteiger partial charge in [-0.25, -0.2) is 4.98 Å². The molecule has 0 unspecified atom stereocenters. The quantitative estimate of drug-likeness (QED) is 0.533. The van der Waals surface area contributed by atoms with Gasteiger partial charge in [0.2, 0.25) is 0 Å². The minimum absolute atomic E-state index is 0.486. The van der Waals surface area contributed by atoms with E-state index in [2.05, 4.69) is 28.8 Å². The molecule has 1 heterocycles. The molecule has 0 fully saturated rings. The van der Waals surface area contributed by atoms with Crippen molar-refractivity contribution in [3.05, 3.63) is 16.1 Å². The Morgan fingerprint density at radius 2 is 2.42 bits per heavy atom. The van der Waals surface area contributed by atoms with Crippen LogP contribution in [0, 0.1) is 0 Å². The van der Waals surface area contributed by atoms with Crippen LogP contribution in [0.1, 0.15) is 30.5 Å². The highest BCUT2D eigenvalue weighted by Gasteiger charge is 2.03. The van der Waals surface area contributed by atoms with Crippen LogP contribution in [-0.4, -0.2) is 18.3 Å². The van der Waals surface area contributed by atoms with Gasteiger partial charge >= 0.3 is 0 Å². The minimum atomic E-state index is 0.486. The number of thiazole rings is 1. The SMILES string of the molecule is CO/N=C/c1csc(C(C)C)n1. The van der Waals surface area contributed by atoms with E-state index in [1.807, 2.05) is 5.38 Å². The fraction of sp³-hybridized carbons (Fsp3) is 0.500. The van der Waals surface area contributed by atoms with E-state index in [0.717, 1.165) is 10.7 Å². The molecular formula is C8H12N2OS. The summed E-state index contributed by atoms with van der Waals surface area (Å²) >= 11 is 1.65. The van der Waals surface area contributed by atoms with Crippen molar-refractivity contribution >= 4 is 17.6 Å². The summed E-state index contributed by atoms with van der Waals surface area (Å²) < 4.78 is 0.